The molecule has 5 nitrogen and oxygen atoms in total. The van der Waals surface area contributed by atoms with Crippen molar-refractivity contribution in [2.45, 2.75) is 6.42 Å². The summed E-state index contributed by atoms with van der Waals surface area (Å²) in [5.74, 6) is 0.581. The van der Waals surface area contributed by atoms with Crippen molar-refractivity contribution in [3.8, 4) is 0 Å². The van der Waals surface area contributed by atoms with E-state index in [2.05, 4.69) is 21.8 Å². The van der Waals surface area contributed by atoms with Crippen molar-refractivity contribution in [1.82, 2.24) is 14.5 Å². The van der Waals surface area contributed by atoms with Crippen LogP contribution in [0.5, 0.6) is 0 Å². The molecule has 0 radical (unpaired) electrons. The van der Waals surface area contributed by atoms with Crippen LogP contribution in [0.1, 0.15) is 5.69 Å². The van der Waals surface area contributed by atoms with Crippen LogP contribution in [-0.4, -0.2) is 47.2 Å². The van der Waals surface area contributed by atoms with E-state index in [1.54, 1.807) is 7.11 Å². The molecule has 1 saturated heterocycles. The molecule has 2 aromatic rings. The van der Waals surface area contributed by atoms with Crippen LogP contribution >= 0.6 is 0 Å². The van der Waals surface area contributed by atoms with Gasteiger partial charge in [0.25, 0.3) is 0 Å². The van der Waals surface area contributed by atoms with Crippen molar-refractivity contribution in [1.29, 1.82) is 0 Å². The summed E-state index contributed by atoms with van der Waals surface area (Å²) in [5.41, 5.74) is 2.33. The molecule has 0 spiro atoms. The lowest BCUT2D eigenvalue weighted by molar-refractivity contribution is -0.141. The minimum Gasteiger partial charge on any atom is -0.375 e. The molecular weight excluding hydrogens is 254 g/mol. The van der Waals surface area contributed by atoms with Gasteiger partial charge in [0.2, 0.25) is 5.91 Å². The van der Waals surface area contributed by atoms with E-state index in [1.807, 2.05) is 24.2 Å². The number of likely N-dealkylation sites (tertiary alicyclic amines) is 1. The lowest BCUT2D eigenvalue weighted by Crippen LogP contribution is -2.51. The SMILES string of the molecule is COCC(=O)N1CC(Cc2nccc3ccn(C)c23)C1. The summed E-state index contributed by atoms with van der Waals surface area (Å²) in [5, 5.41) is 1.23. The van der Waals surface area contributed by atoms with Gasteiger partial charge in [0.05, 0.1) is 11.2 Å². The maximum absolute atomic E-state index is 11.6. The van der Waals surface area contributed by atoms with Crippen LogP contribution < -0.4 is 0 Å². The van der Waals surface area contributed by atoms with Crippen LogP contribution in [0.2, 0.25) is 0 Å². The molecule has 0 unspecified atom stereocenters. The molecule has 0 aromatic carbocycles. The van der Waals surface area contributed by atoms with E-state index in [0.29, 0.717) is 5.92 Å². The normalized spacial score (nSPS) is 15.6. The van der Waals surface area contributed by atoms with Crippen molar-refractivity contribution < 1.29 is 9.53 Å². The molecule has 0 aliphatic carbocycles. The van der Waals surface area contributed by atoms with Gasteiger partial charge in [0, 0.05) is 45.0 Å². The van der Waals surface area contributed by atoms with Gasteiger partial charge in [-0.2, -0.15) is 0 Å². The zero-order valence-corrected chi connectivity index (χ0v) is 11.9. The summed E-state index contributed by atoms with van der Waals surface area (Å²) in [6.45, 7) is 1.80. The highest BCUT2D eigenvalue weighted by atomic mass is 16.5. The van der Waals surface area contributed by atoms with Gasteiger partial charge in [0.15, 0.2) is 0 Å². The van der Waals surface area contributed by atoms with E-state index >= 15 is 0 Å². The lowest BCUT2D eigenvalue weighted by atomic mass is 9.93. The van der Waals surface area contributed by atoms with Gasteiger partial charge in [-0.3, -0.25) is 9.78 Å². The third kappa shape index (κ3) is 2.29. The third-order valence-electron chi connectivity index (χ3n) is 3.92. The maximum atomic E-state index is 11.6. The molecular formula is C15H19N3O2. The Bertz CT molecular complexity index is 629. The quantitative estimate of drug-likeness (QED) is 0.841. The number of rotatable bonds is 4. The van der Waals surface area contributed by atoms with E-state index in [0.717, 1.165) is 25.2 Å². The number of nitrogens with zero attached hydrogens (tertiary/aromatic N) is 3. The molecule has 0 bridgehead atoms. The Morgan fingerprint density at radius 1 is 1.45 bits per heavy atom. The number of fused-ring (bicyclic) bond motifs is 1. The molecule has 1 amide bonds. The average molecular weight is 273 g/mol. The van der Waals surface area contributed by atoms with Gasteiger partial charge in [-0.05, 0) is 24.5 Å². The monoisotopic (exact) mass is 273 g/mol. The third-order valence-corrected chi connectivity index (χ3v) is 3.92. The van der Waals surface area contributed by atoms with Gasteiger partial charge in [0.1, 0.15) is 6.61 Å². The van der Waals surface area contributed by atoms with E-state index in [4.69, 9.17) is 4.74 Å². The van der Waals surface area contributed by atoms with Crippen LogP contribution in [0.3, 0.4) is 0 Å². The molecule has 3 heterocycles. The second-order valence-corrected chi connectivity index (χ2v) is 5.42. The van der Waals surface area contributed by atoms with Gasteiger partial charge >= 0.3 is 0 Å². The Morgan fingerprint density at radius 2 is 2.25 bits per heavy atom. The van der Waals surface area contributed by atoms with Crippen LogP contribution in [0.25, 0.3) is 10.9 Å². The fourth-order valence-corrected chi connectivity index (χ4v) is 2.86. The Balaban J connectivity index is 1.67. The standard InChI is InChI=1S/C15H19N3O2/c1-17-6-4-12-3-5-16-13(15(12)17)7-11-8-18(9-11)14(19)10-20-2/h3-6,11H,7-10H2,1-2H3. The molecule has 2 aromatic heterocycles. The van der Waals surface area contributed by atoms with E-state index < -0.39 is 0 Å². The second kappa shape index (κ2) is 5.25. The second-order valence-electron chi connectivity index (χ2n) is 5.42. The average Bonchev–Trinajstić information content (AvgIpc) is 2.76. The first-order chi connectivity index (χ1) is 9.69. The summed E-state index contributed by atoms with van der Waals surface area (Å²) in [4.78, 5) is 18.0. The number of hydrogen-bond acceptors (Lipinski definition) is 3. The molecule has 20 heavy (non-hydrogen) atoms. The fourth-order valence-electron chi connectivity index (χ4n) is 2.86. The Kier molecular flexibility index (Phi) is 3.44. The van der Waals surface area contributed by atoms with Crippen LogP contribution in [0.15, 0.2) is 24.5 Å². The van der Waals surface area contributed by atoms with Crippen molar-refractivity contribution in [2.75, 3.05) is 26.8 Å². The van der Waals surface area contributed by atoms with E-state index in [9.17, 15) is 4.79 Å². The largest absolute Gasteiger partial charge is 0.375 e. The van der Waals surface area contributed by atoms with Gasteiger partial charge < -0.3 is 14.2 Å². The number of methoxy groups -OCH3 is 1. The predicted octanol–water partition coefficient (Wildman–Crippen LogP) is 1.22. The first-order valence-electron chi connectivity index (χ1n) is 6.84. The van der Waals surface area contributed by atoms with Crippen LogP contribution in [0.4, 0.5) is 0 Å². The maximum Gasteiger partial charge on any atom is 0.248 e. The van der Waals surface area contributed by atoms with Crippen LogP contribution in [0, 0.1) is 5.92 Å². The van der Waals surface area contributed by atoms with Crippen LogP contribution in [-0.2, 0) is 23.0 Å². The molecule has 0 atom stereocenters. The topological polar surface area (TPSA) is 47.4 Å². The molecule has 3 rings (SSSR count). The number of amides is 1. The number of aromatic nitrogens is 2. The summed E-state index contributed by atoms with van der Waals surface area (Å²) >= 11 is 0. The number of pyridine rings is 1. The first kappa shape index (κ1) is 13.1. The first-order valence-corrected chi connectivity index (χ1v) is 6.84. The molecule has 1 fully saturated rings. The smallest absolute Gasteiger partial charge is 0.248 e. The lowest BCUT2D eigenvalue weighted by Gasteiger charge is -2.39. The summed E-state index contributed by atoms with van der Waals surface area (Å²) < 4.78 is 6.99. The van der Waals surface area contributed by atoms with Crippen molar-refractivity contribution in [3.63, 3.8) is 0 Å². The number of aryl methyl sites for hydroxylation is 1. The Hall–Kier alpha value is -1.88. The van der Waals surface area contributed by atoms with Gasteiger partial charge in [-0.15, -0.1) is 0 Å². The summed E-state index contributed by atoms with van der Waals surface area (Å²) in [7, 11) is 3.60. The molecule has 1 aliphatic heterocycles. The molecule has 5 heteroatoms. The molecule has 0 saturated carbocycles. The van der Waals surface area contributed by atoms with Gasteiger partial charge in [-0.25, -0.2) is 0 Å². The van der Waals surface area contributed by atoms with Crippen molar-refractivity contribution in [2.24, 2.45) is 13.0 Å². The Labute approximate surface area is 118 Å². The highest BCUT2D eigenvalue weighted by molar-refractivity contribution is 5.82. The number of carbonyl (C=O) groups excluding carboxylic acids is 1. The fraction of sp³-hybridized carbons (Fsp3) is 0.467. The van der Waals surface area contributed by atoms with Crippen molar-refractivity contribution >= 4 is 16.8 Å². The predicted molar refractivity (Wildman–Crippen MR) is 76.4 cm³/mol. The summed E-state index contributed by atoms with van der Waals surface area (Å²) in [6.07, 6.45) is 4.85. The minimum atomic E-state index is 0.0776. The molecule has 106 valence electrons. The zero-order valence-electron chi connectivity index (χ0n) is 11.9. The minimum absolute atomic E-state index is 0.0776. The summed E-state index contributed by atoms with van der Waals surface area (Å²) in [6, 6.07) is 4.14. The van der Waals surface area contributed by atoms with Gasteiger partial charge in [-0.1, -0.05) is 0 Å². The number of ether oxygens (including phenoxy) is 1. The Morgan fingerprint density at radius 3 is 3.00 bits per heavy atom. The van der Waals surface area contributed by atoms with E-state index in [1.165, 1.54) is 10.9 Å². The number of carbonyl (C=O) groups is 1. The zero-order chi connectivity index (χ0) is 14.1. The molecule has 0 N–H and O–H groups in total. The van der Waals surface area contributed by atoms with E-state index in [-0.39, 0.29) is 12.5 Å². The number of hydrogen-bond donors (Lipinski definition) is 0. The highest BCUT2D eigenvalue weighted by Crippen LogP contribution is 2.24. The molecule has 1 aliphatic rings. The highest BCUT2D eigenvalue weighted by Gasteiger charge is 2.31. The van der Waals surface area contributed by atoms with Crippen molar-refractivity contribution in [3.05, 3.63) is 30.2 Å².